The second-order valence-corrected chi connectivity index (χ2v) is 4.02. The summed E-state index contributed by atoms with van der Waals surface area (Å²) >= 11 is 0. The molecule has 6 heteroatoms. The predicted molar refractivity (Wildman–Crippen MR) is 76.2 cm³/mol. The van der Waals surface area contributed by atoms with Gasteiger partial charge in [-0.25, -0.2) is 21.7 Å². The maximum Gasteiger partial charge on any atom is 0.332 e. The van der Waals surface area contributed by atoms with Crippen molar-refractivity contribution < 1.29 is 9.59 Å². The second-order valence-electron chi connectivity index (χ2n) is 4.02. The Balaban J connectivity index is 2.15. The fourth-order valence-electron chi connectivity index (χ4n) is 1.62. The molecule has 20 heavy (non-hydrogen) atoms. The van der Waals surface area contributed by atoms with Gasteiger partial charge in [0.1, 0.15) is 0 Å². The summed E-state index contributed by atoms with van der Waals surface area (Å²) < 4.78 is 0. The quantitative estimate of drug-likeness (QED) is 0.365. The van der Waals surface area contributed by atoms with Crippen molar-refractivity contribution in [1.82, 2.24) is 0 Å². The standard InChI is InChI=1S/C14H14N4O2/c15-17(11-7-3-1-4-8-11)13(19)14(20)18(16)12-9-5-2-6-10-12/h1-10H,15-16H2. The van der Waals surface area contributed by atoms with Gasteiger partial charge in [-0.05, 0) is 24.3 Å². The first-order valence-corrected chi connectivity index (χ1v) is 5.89. The third-order valence-corrected chi connectivity index (χ3v) is 2.69. The average Bonchev–Trinajstić information content (AvgIpc) is 2.53. The van der Waals surface area contributed by atoms with E-state index in [0.717, 1.165) is 10.0 Å². The highest BCUT2D eigenvalue weighted by atomic mass is 16.2. The van der Waals surface area contributed by atoms with Gasteiger partial charge in [-0.3, -0.25) is 9.59 Å². The summed E-state index contributed by atoms with van der Waals surface area (Å²) in [4.78, 5) is 24.0. The highest BCUT2D eigenvalue weighted by Crippen LogP contribution is 2.13. The van der Waals surface area contributed by atoms with Gasteiger partial charge in [-0.1, -0.05) is 36.4 Å². The summed E-state index contributed by atoms with van der Waals surface area (Å²) in [5.74, 6) is 9.44. The molecule has 0 aliphatic carbocycles. The first kappa shape index (κ1) is 13.7. The number of hydrogen-bond donors (Lipinski definition) is 2. The number of hydrazine groups is 2. The van der Waals surface area contributed by atoms with E-state index in [-0.39, 0.29) is 0 Å². The number of para-hydroxylation sites is 2. The molecule has 0 spiro atoms. The summed E-state index contributed by atoms with van der Waals surface area (Å²) in [5, 5.41) is 1.54. The number of carbonyl (C=O) groups excluding carboxylic acids is 2. The number of nitrogens with zero attached hydrogens (tertiary/aromatic N) is 2. The molecule has 0 atom stereocenters. The summed E-state index contributed by atoms with van der Waals surface area (Å²) in [6.07, 6.45) is 0. The molecule has 2 amide bonds. The van der Waals surface area contributed by atoms with E-state index >= 15 is 0 Å². The average molecular weight is 270 g/mol. The fourth-order valence-corrected chi connectivity index (χ4v) is 1.62. The van der Waals surface area contributed by atoms with Crippen LogP contribution in [0.1, 0.15) is 0 Å². The summed E-state index contributed by atoms with van der Waals surface area (Å²) in [5.41, 5.74) is 0.819. The smallest absolute Gasteiger partial charge is 0.261 e. The number of carbonyl (C=O) groups is 2. The van der Waals surface area contributed by atoms with Crippen molar-refractivity contribution in [2.45, 2.75) is 0 Å². The summed E-state index contributed by atoms with van der Waals surface area (Å²) in [6.45, 7) is 0. The topological polar surface area (TPSA) is 92.7 Å². The lowest BCUT2D eigenvalue weighted by molar-refractivity contribution is -0.136. The van der Waals surface area contributed by atoms with E-state index < -0.39 is 11.8 Å². The number of anilines is 2. The molecule has 4 N–H and O–H groups in total. The van der Waals surface area contributed by atoms with Crippen molar-refractivity contribution >= 4 is 23.2 Å². The van der Waals surface area contributed by atoms with Crippen LogP contribution in [-0.2, 0) is 9.59 Å². The summed E-state index contributed by atoms with van der Waals surface area (Å²) in [6, 6.07) is 16.9. The fraction of sp³-hybridized carbons (Fsp3) is 0. The highest BCUT2D eigenvalue weighted by molar-refractivity contribution is 6.44. The van der Waals surface area contributed by atoms with Crippen molar-refractivity contribution in [1.29, 1.82) is 0 Å². The van der Waals surface area contributed by atoms with Crippen molar-refractivity contribution in [3.8, 4) is 0 Å². The van der Waals surface area contributed by atoms with Gasteiger partial charge in [0, 0.05) is 0 Å². The van der Waals surface area contributed by atoms with Crippen LogP contribution in [0.2, 0.25) is 0 Å². The lowest BCUT2D eigenvalue weighted by atomic mass is 10.3. The molecule has 102 valence electrons. The van der Waals surface area contributed by atoms with Gasteiger partial charge in [0.2, 0.25) is 0 Å². The van der Waals surface area contributed by atoms with E-state index in [1.165, 1.54) is 0 Å². The Morgan fingerprint density at radius 3 is 1.25 bits per heavy atom. The van der Waals surface area contributed by atoms with E-state index in [1.54, 1.807) is 60.7 Å². The Kier molecular flexibility index (Phi) is 4.09. The van der Waals surface area contributed by atoms with Crippen LogP contribution in [0.25, 0.3) is 0 Å². The van der Waals surface area contributed by atoms with E-state index in [4.69, 9.17) is 11.7 Å². The lowest BCUT2D eigenvalue weighted by Crippen LogP contribution is -2.51. The number of hydrogen-bond acceptors (Lipinski definition) is 4. The molecule has 0 unspecified atom stereocenters. The Morgan fingerprint density at radius 1 is 0.650 bits per heavy atom. The molecule has 0 aliphatic heterocycles. The first-order valence-electron chi connectivity index (χ1n) is 5.89. The molecule has 0 aliphatic rings. The largest absolute Gasteiger partial charge is 0.332 e. The van der Waals surface area contributed by atoms with Crippen LogP contribution >= 0.6 is 0 Å². The molecule has 2 rings (SSSR count). The van der Waals surface area contributed by atoms with Gasteiger partial charge in [0.05, 0.1) is 11.4 Å². The van der Waals surface area contributed by atoms with Crippen LogP contribution in [0, 0.1) is 0 Å². The van der Waals surface area contributed by atoms with Crippen molar-refractivity contribution in [2.75, 3.05) is 10.0 Å². The van der Waals surface area contributed by atoms with E-state index in [9.17, 15) is 9.59 Å². The summed E-state index contributed by atoms with van der Waals surface area (Å²) in [7, 11) is 0. The zero-order valence-electron chi connectivity index (χ0n) is 10.6. The highest BCUT2D eigenvalue weighted by Gasteiger charge is 2.25. The van der Waals surface area contributed by atoms with Crippen LogP contribution in [0.15, 0.2) is 60.7 Å². The molecule has 0 saturated carbocycles. The second kappa shape index (κ2) is 5.96. The number of nitrogens with two attached hydrogens (primary N) is 2. The molecular formula is C14H14N4O2. The zero-order valence-corrected chi connectivity index (χ0v) is 10.6. The molecule has 0 heterocycles. The van der Waals surface area contributed by atoms with Crippen LogP contribution in [-0.4, -0.2) is 11.8 Å². The van der Waals surface area contributed by atoms with Gasteiger partial charge in [0.15, 0.2) is 0 Å². The van der Waals surface area contributed by atoms with E-state index in [2.05, 4.69) is 0 Å². The Hall–Kier alpha value is -2.70. The minimum Gasteiger partial charge on any atom is -0.261 e. The van der Waals surface area contributed by atoms with Gasteiger partial charge in [-0.15, -0.1) is 0 Å². The molecule has 6 nitrogen and oxygen atoms in total. The molecule has 0 fully saturated rings. The molecular weight excluding hydrogens is 256 g/mol. The van der Waals surface area contributed by atoms with Crippen LogP contribution in [0.5, 0.6) is 0 Å². The predicted octanol–water partition coefficient (Wildman–Crippen LogP) is 0.800. The minimum atomic E-state index is -0.914. The monoisotopic (exact) mass is 270 g/mol. The third kappa shape index (κ3) is 2.82. The Bertz CT molecular complexity index is 546. The lowest BCUT2D eigenvalue weighted by Gasteiger charge is -2.20. The maximum atomic E-state index is 12.0. The van der Waals surface area contributed by atoms with Crippen molar-refractivity contribution in [2.24, 2.45) is 11.7 Å². The van der Waals surface area contributed by atoms with Crippen LogP contribution < -0.4 is 21.7 Å². The Morgan fingerprint density at radius 2 is 0.950 bits per heavy atom. The maximum absolute atomic E-state index is 12.0. The van der Waals surface area contributed by atoms with Gasteiger partial charge in [0.25, 0.3) is 0 Å². The number of benzene rings is 2. The number of rotatable bonds is 2. The third-order valence-electron chi connectivity index (χ3n) is 2.69. The van der Waals surface area contributed by atoms with Crippen molar-refractivity contribution in [3.63, 3.8) is 0 Å². The normalized spacial score (nSPS) is 9.90. The van der Waals surface area contributed by atoms with Gasteiger partial charge >= 0.3 is 11.8 Å². The molecule has 0 radical (unpaired) electrons. The molecule has 0 bridgehead atoms. The molecule has 2 aromatic rings. The van der Waals surface area contributed by atoms with Crippen LogP contribution in [0.3, 0.4) is 0 Å². The molecule has 0 aromatic heterocycles. The Labute approximate surface area is 116 Å². The van der Waals surface area contributed by atoms with Gasteiger partial charge < -0.3 is 0 Å². The van der Waals surface area contributed by atoms with E-state index in [1.807, 2.05) is 0 Å². The first-order chi connectivity index (χ1) is 9.61. The van der Waals surface area contributed by atoms with Crippen LogP contribution in [0.4, 0.5) is 11.4 Å². The SMILES string of the molecule is NN(C(=O)C(=O)N(N)c1ccccc1)c1ccccc1. The molecule has 2 aromatic carbocycles. The van der Waals surface area contributed by atoms with Crippen molar-refractivity contribution in [3.05, 3.63) is 60.7 Å². The molecule has 0 saturated heterocycles. The van der Waals surface area contributed by atoms with E-state index in [0.29, 0.717) is 11.4 Å². The minimum absolute atomic E-state index is 0.410. The number of amides is 2. The zero-order chi connectivity index (χ0) is 14.5. The van der Waals surface area contributed by atoms with Gasteiger partial charge in [-0.2, -0.15) is 0 Å².